The summed E-state index contributed by atoms with van der Waals surface area (Å²) >= 11 is 3.45. The molecule has 0 unspecified atom stereocenters. The number of carbonyl (C=O) groups excluding carboxylic acids is 1. The molecule has 1 amide bonds. The zero-order chi connectivity index (χ0) is 16.4. The van der Waals surface area contributed by atoms with Gasteiger partial charge in [-0.15, -0.1) is 0 Å². The topological polar surface area (TPSA) is 61.0 Å². The Morgan fingerprint density at radius 1 is 1.43 bits per heavy atom. The minimum atomic E-state index is -0.0864. The van der Waals surface area contributed by atoms with Crippen LogP contribution in [0.4, 0.5) is 0 Å². The summed E-state index contributed by atoms with van der Waals surface area (Å²) in [6, 6.07) is 6.03. The van der Waals surface area contributed by atoms with Crippen LogP contribution < -0.4 is 5.32 Å². The molecule has 0 spiro atoms. The van der Waals surface area contributed by atoms with Gasteiger partial charge in [0, 0.05) is 35.5 Å². The third-order valence-corrected chi connectivity index (χ3v) is 4.78. The van der Waals surface area contributed by atoms with Crippen molar-refractivity contribution in [2.24, 2.45) is 5.92 Å². The number of halogens is 1. The lowest BCUT2D eigenvalue weighted by Gasteiger charge is -2.33. The van der Waals surface area contributed by atoms with Gasteiger partial charge in [-0.25, -0.2) is 0 Å². The van der Waals surface area contributed by atoms with Crippen molar-refractivity contribution in [3.63, 3.8) is 0 Å². The fourth-order valence-corrected chi connectivity index (χ4v) is 3.55. The number of fused-ring (bicyclic) bond motifs is 1. The molecular weight excluding hydrogens is 356 g/mol. The Morgan fingerprint density at radius 2 is 2.17 bits per heavy atom. The third-order valence-electron chi connectivity index (χ3n) is 4.29. The number of rotatable bonds is 4. The van der Waals surface area contributed by atoms with E-state index in [1.165, 1.54) is 0 Å². The average Bonchev–Trinajstić information content (AvgIpc) is 2.91. The maximum Gasteiger partial charge on any atom is 0.272 e. The van der Waals surface area contributed by atoms with Crippen LogP contribution in [0.15, 0.2) is 22.7 Å². The summed E-state index contributed by atoms with van der Waals surface area (Å²) in [5.41, 5.74) is 1.36. The molecule has 0 saturated carbocycles. The smallest absolute Gasteiger partial charge is 0.272 e. The van der Waals surface area contributed by atoms with Gasteiger partial charge in [0.15, 0.2) is 5.69 Å². The number of hydrogen-bond acceptors (Lipinski definition) is 3. The molecular formula is C17H23BrN4O. The number of hydrogen-bond donors (Lipinski definition) is 2. The summed E-state index contributed by atoms with van der Waals surface area (Å²) in [6.07, 6.45) is 2.01. The number of likely N-dealkylation sites (tertiary alicyclic amines) is 1. The van der Waals surface area contributed by atoms with Gasteiger partial charge in [0.1, 0.15) is 0 Å². The van der Waals surface area contributed by atoms with Crippen LogP contribution in [-0.2, 0) is 0 Å². The molecule has 3 rings (SSSR count). The molecule has 1 aromatic carbocycles. The van der Waals surface area contributed by atoms with E-state index < -0.39 is 0 Å². The molecule has 0 aliphatic carbocycles. The Bertz CT molecular complexity index is 689. The molecule has 2 aromatic rings. The molecule has 1 aromatic heterocycles. The molecule has 2 N–H and O–H groups in total. The van der Waals surface area contributed by atoms with Crippen molar-refractivity contribution >= 4 is 32.7 Å². The molecule has 1 fully saturated rings. The number of nitrogens with one attached hydrogen (secondary N) is 2. The number of aromatic nitrogens is 2. The molecule has 0 radical (unpaired) electrons. The van der Waals surface area contributed by atoms with Gasteiger partial charge in [0.05, 0.1) is 5.52 Å². The highest BCUT2D eigenvalue weighted by Crippen LogP contribution is 2.21. The first-order chi connectivity index (χ1) is 11.0. The van der Waals surface area contributed by atoms with E-state index in [9.17, 15) is 4.79 Å². The summed E-state index contributed by atoms with van der Waals surface area (Å²) in [6.45, 7) is 7.73. The lowest BCUT2D eigenvalue weighted by Crippen LogP contribution is -2.45. The van der Waals surface area contributed by atoms with Crippen LogP contribution in [0.25, 0.3) is 10.9 Å². The van der Waals surface area contributed by atoms with Crippen LogP contribution >= 0.6 is 15.9 Å². The van der Waals surface area contributed by atoms with Crippen molar-refractivity contribution in [1.29, 1.82) is 0 Å². The van der Waals surface area contributed by atoms with Gasteiger partial charge in [0.25, 0.3) is 5.91 Å². The van der Waals surface area contributed by atoms with E-state index in [4.69, 9.17) is 0 Å². The zero-order valence-electron chi connectivity index (χ0n) is 13.6. The highest BCUT2D eigenvalue weighted by molar-refractivity contribution is 9.10. The maximum atomic E-state index is 12.5. The van der Waals surface area contributed by atoms with Crippen LogP contribution in [0.1, 0.15) is 37.2 Å². The van der Waals surface area contributed by atoms with Crippen molar-refractivity contribution < 1.29 is 4.79 Å². The summed E-state index contributed by atoms with van der Waals surface area (Å²) in [5, 5.41) is 11.1. The second kappa shape index (κ2) is 7.01. The van der Waals surface area contributed by atoms with Crippen molar-refractivity contribution in [1.82, 2.24) is 20.4 Å². The largest absolute Gasteiger partial charge is 0.348 e. The highest BCUT2D eigenvalue weighted by Gasteiger charge is 2.23. The van der Waals surface area contributed by atoms with Gasteiger partial charge in [-0.05, 0) is 37.0 Å². The van der Waals surface area contributed by atoms with E-state index in [0.717, 1.165) is 47.9 Å². The quantitative estimate of drug-likeness (QED) is 0.858. The number of H-pyrrole nitrogens is 1. The van der Waals surface area contributed by atoms with Crippen LogP contribution in [0.3, 0.4) is 0 Å². The number of amides is 1. The first kappa shape index (κ1) is 16.5. The number of nitrogens with zero attached hydrogens (tertiary/aromatic N) is 2. The van der Waals surface area contributed by atoms with E-state index in [-0.39, 0.29) is 11.9 Å². The fourth-order valence-electron chi connectivity index (χ4n) is 3.19. The van der Waals surface area contributed by atoms with Crippen molar-refractivity contribution in [3.05, 3.63) is 28.4 Å². The lowest BCUT2D eigenvalue weighted by molar-refractivity contribution is 0.0904. The Hall–Kier alpha value is -1.40. The number of piperidine rings is 1. The fraction of sp³-hybridized carbons (Fsp3) is 0.529. The molecule has 0 atom stereocenters. The second-order valence-electron chi connectivity index (χ2n) is 6.70. The Balaban J connectivity index is 1.62. The Kier molecular flexibility index (Phi) is 5.02. The van der Waals surface area contributed by atoms with Gasteiger partial charge < -0.3 is 10.2 Å². The predicted octanol–water partition coefficient (Wildman–Crippen LogP) is 3.18. The first-order valence-electron chi connectivity index (χ1n) is 8.20. The third kappa shape index (κ3) is 3.93. The minimum Gasteiger partial charge on any atom is -0.348 e. The number of aromatic amines is 1. The molecule has 5 nitrogen and oxygen atoms in total. The zero-order valence-corrected chi connectivity index (χ0v) is 15.2. The van der Waals surface area contributed by atoms with Crippen molar-refractivity contribution in [2.75, 3.05) is 19.6 Å². The van der Waals surface area contributed by atoms with Crippen LogP contribution in [0.2, 0.25) is 0 Å². The molecule has 2 heterocycles. The van der Waals surface area contributed by atoms with E-state index in [0.29, 0.717) is 11.6 Å². The minimum absolute atomic E-state index is 0.0864. The van der Waals surface area contributed by atoms with E-state index >= 15 is 0 Å². The van der Waals surface area contributed by atoms with E-state index in [2.05, 4.69) is 50.2 Å². The van der Waals surface area contributed by atoms with Gasteiger partial charge in [-0.3, -0.25) is 9.89 Å². The van der Waals surface area contributed by atoms with Crippen molar-refractivity contribution in [3.8, 4) is 0 Å². The van der Waals surface area contributed by atoms with Gasteiger partial charge in [-0.2, -0.15) is 5.10 Å². The summed E-state index contributed by atoms with van der Waals surface area (Å²) in [7, 11) is 0. The van der Waals surface area contributed by atoms with Crippen molar-refractivity contribution in [2.45, 2.75) is 32.7 Å². The van der Waals surface area contributed by atoms with E-state index in [1.54, 1.807) is 0 Å². The lowest BCUT2D eigenvalue weighted by atomic mass is 10.0. The molecule has 124 valence electrons. The highest BCUT2D eigenvalue weighted by atomic mass is 79.9. The number of carbonyl (C=O) groups is 1. The van der Waals surface area contributed by atoms with Crippen LogP contribution in [0, 0.1) is 5.92 Å². The summed E-state index contributed by atoms with van der Waals surface area (Å²) < 4.78 is 0.947. The molecule has 1 aliphatic rings. The summed E-state index contributed by atoms with van der Waals surface area (Å²) in [4.78, 5) is 15.0. The van der Waals surface area contributed by atoms with Gasteiger partial charge in [0.2, 0.25) is 0 Å². The standard InChI is InChI=1S/C17H23BrN4O/c1-11(2)10-22-7-5-13(6-8-22)19-17(23)16-14-9-12(18)3-4-15(14)20-21-16/h3-4,9,11,13H,5-8,10H2,1-2H3,(H,19,23)(H,20,21). The summed E-state index contributed by atoms with van der Waals surface area (Å²) in [5.74, 6) is 0.603. The van der Waals surface area contributed by atoms with Crippen LogP contribution in [0.5, 0.6) is 0 Å². The Morgan fingerprint density at radius 3 is 2.87 bits per heavy atom. The van der Waals surface area contributed by atoms with Gasteiger partial charge >= 0.3 is 0 Å². The van der Waals surface area contributed by atoms with Crippen LogP contribution in [-0.4, -0.2) is 46.7 Å². The Labute approximate surface area is 144 Å². The normalized spacial score (nSPS) is 17.0. The SMILES string of the molecule is CC(C)CN1CCC(NC(=O)c2n[nH]c3ccc(Br)cc23)CC1. The second-order valence-corrected chi connectivity index (χ2v) is 7.62. The van der Waals surface area contributed by atoms with Gasteiger partial charge in [-0.1, -0.05) is 29.8 Å². The van der Waals surface area contributed by atoms with E-state index in [1.807, 2.05) is 18.2 Å². The molecule has 6 heteroatoms. The molecule has 23 heavy (non-hydrogen) atoms. The monoisotopic (exact) mass is 378 g/mol. The first-order valence-corrected chi connectivity index (χ1v) is 8.99. The maximum absolute atomic E-state index is 12.5. The molecule has 1 saturated heterocycles. The molecule has 1 aliphatic heterocycles. The number of benzene rings is 1. The predicted molar refractivity (Wildman–Crippen MR) is 95.6 cm³/mol. The average molecular weight is 379 g/mol. The molecule has 0 bridgehead atoms.